The third-order valence-electron chi connectivity index (χ3n) is 2.13. The molecule has 0 atom stereocenters. The average Bonchev–Trinajstić information content (AvgIpc) is 2.26. The highest BCUT2D eigenvalue weighted by molar-refractivity contribution is 5.69. The van der Waals surface area contributed by atoms with Gasteiger partial charge in [0.05, 0.1) is 7.11 Å². The van der Waals surface area contributed by atoms with Crippen molar-refractivity contribution < 1.29 is 13.9 Å². The lowest BCUT2D eigenvalue weighted by Crippen LogP contribution is -2.02. The minimum atomic E-state index is -0.313. The lowest BCUT2D eigenvalue weighted by Gasteiger charge is -2.02. The lowest BCUT2D eigenvalue weighted by atomic mass is 10.1. The van der Waals surface area contributed by atoms with Crippen LogP contribution in [0.1, 0.15) is 17.5 Å². The number of carbonyl (C=O) groups excluding carboxylic acids is 1. The van der Waals surface area contributed by atoms with Crippen LogP contribution in [-0.2, 0) is 16.0 Å². The number of aryl methyl sites for hydroxylation is 1. The minimum absolute atomic E-state index is 0.267. The van der Waals surface area contributed by atoms with E-state index in [0.717, 1.165) is 5.56 Å². The van der Waals surface area contributed by atoms with Crippen LogP contribution in [0.5, 0.6) is 0 Å². The number of rotatable bonds is 4. The second-order valence-corrected chi connectivity index (χ2v) is 3.14. The highest BCUT2D eigenvalue weighted by atomic mass is 19.1. The van der Waals surface area contributed by atoms with E-state index in [-0.39, 0.29) is 18.2 Å². The molecule has 15 heavy (non-hydrogen) atoms. The third-order valence-corrected chi connectivity index (χ3v) is 2.13. The largest absolute Gasteiger partial charge is 0.469 e. The molecule has 0 aliphatic carbocycles. The van der Waals surface area contributed by atoms with Gasteiger partial charge in [0.25, 0.3) is 0 Å². The van der Waals surface area contributed by atoms with Crippen molar-refractivity contribution in [2.24, 2.45) is 0 Å². The molecule has 0 heterocycles. The Morgan fingerprint density at radius 3 is 2.87 bits per heavy atom. The molecule has 0 radical (unpaired) electrons. The number of methoxy groups -OCH3 is 1. The first-order valence-corrected chi connectivity index (χ1v) is 4.65. The normalized spacial score (nSPS) is 9.73. The molecule has 0 spiro atoms. The molecule has 0 aliphatic heterocycles. The fourth-order valence-electron chi connectivity index (χ4n) is 1.24. The van der Waals surface area contributed by atoms with Crippen LogP contribution in [0.4, 0.5) is 4.39 Å². The topological polar surface area (TPSA) is 26.3 Å². The summed E-state index contributed by atoms with van der Waals surface area (Å²) in [5.74, 6) is -0.601. The molecule has 0 aliphatic rings. The van der Waals surface area contributed by atoms with Crippen molar-refractivity contribution in [1.82, 2.24) is 0 Å². The van der Waals surface area contributed by atoms with Gasteiger partial charge in [0.1, 0.15) is 5.82 Å². The second-order valence-electron chi connectivity index (χ2n) is 3.14. The predicted octanol–water partition coefficient (Wildman–Crippen LogP) is 2.57. The molecule has 0 unspecified atom stereocenters. The maximum Gasteiger partial charge on any atom is 0.305 e. The van der Waals surface area contributed by atoms with Crippen molar-refractivity contribution in [2.75, 3.05) is 7.11 Å². The van der Waals surface area contributed by atoms with Crippen molar-refractivity contribution in [3.8, 4) is 0 Å². The van der Waals surface area contributed by atoms with Crippen LogP contribution in [0.2, 0.25) is 0 Å². The summed E-state index contributed by atoms with van der Waals surface area (Å²) >= 11 is 0. The Bertz CT molecular complexity index is 372. The van der Waals surface area contributed by atoms with E-state index in [0.29, 0.717) is 12.0 Å². The summed E-state index contributed by atoms with van der Waals surface area (Å²) in [7, 11) is 1.34. The molecule has 0 saturated heterocycles. The van der Waals surface area contributed by atoms with Crippen molar-refractivity contribution in [1.29, 1.82) is 0 Å². The van der Waals surface area contributed by atoms with Gasteiger partial charge in [0, 0.05) is 12.0 Å². The monoisotopic (exact) mass is 208 g/mol. The summed E-state index contributed by atoms with van der Waals surface area (Å²) < 4.78 is 17.8. The zero-order chi connectivity index (χ0) is 11.3. The molecule has 1 aromatic rings. The number of ether oxygens (including phenoxy) is 1. The van der Waals surface area contributed by atoms with Crippen LogP contribution in [0.3, 0.4) is 0 Å². The van der Waals surface area contributed by atoms with Gasteiger partial charge >= 0.3 is 5.97 Å². The maximum atomic E-state index is 13.3. The highest BCUT2D eigenvalue weighted by Gasteiger charge is 2.04. The van der Waals surface area contributed by atoms with Crippen LogP contribution < -0.4 is 0 Å². The van der Waals surface area contributed by atoms with Gasteiger partial charge in [-0.2, -0.15) is 0 Å². The molecular formula is C12H13FO2. The number of carbonyl (C=O) groups is 1. The molecule has 0 N–H and O–H groups in total. The molecule has 0 amide bonds. The van der Waals surface area contributed by atoms with E-state index in [9.17, 15) is 9.18 Å². The molecule has 2 nitrogen and oxygen atoms in total. The first-order valence-electron chi connectivity index (χ1n) is 4.65. The van der Waals surface area contributed by atoms with E-state index in [1.165, 1.54) is 19.3 Å². The molecule has 3 heteroatoms. The number of halogens is 1. The smallest absolute Gasteiger partial charge is 0.305 e. The highest BCUT2D eigenvalue weighted by Crippen LogP contribution is 2.13. The van der Waals surface area contributed by atoms with Crippen LogP contribution in [0, 0.1) is 5.82 Å². The zero-order valence-electron chi connectivity index (χ0n) is 8.63. The Hall–Kier alpha value is -1.64. The Kier molecular flexibility index (Phi) is 4.03. The summed E-state index contributed by atoms with van der Waals surface area (Å²) in [5, 5.41) is 0. The Morgan fingerprint density at radius 1 is 1.60 bits per heavy atom. The van der Waals surface area contributed by atoms with Crippen molar-refractivity contribution in [3.63, 3.8) is 0 Å². The summed E-state index contributed by atoms with van der Waals surface area (Å²) in [6.45, 7) is 3.49. The lowest BCUT2D eigenvalue weighted by molar-refractivity contribution is -0.140. The zero-order valence-corrected chi connectivity index (χ0v) is 8.63. The molecule has 1 aromatic carbocycles. The van der Waals surface area contributed by atoms with E-state index >= 15 is 0 Å². The SMILES string of the molecule is C=Cc1ccc(CCC(=O)OC)cc1F. The van der Waals surface area contributed by atoms with E-state index in [2.05, 4.69) is 11.3 Å². The fourth-order valence-corrected chi connectivity index (χ4v) is 1.24. The Labute approximate surface area is 88.4 Å². The van der Waals surface area contributed by atoms with Crippen LogP contribution >= 0.6 is 0 Å². The summed E-state index contributed by atoms with van der Waals surface area (Å²) in [4.78, 5) is 10.9. The van der Waals surface area contributed by atoms with Crippen LogP contribution in [-0.4, -0.2) is 13.1 Å². The maximum absolute atomic E-state index is 13.3. The van der Waals surface area contributed by atoms with Gasteiger partial charge in [0.15, 0.2) is 0 Å². The van der Waals surface area contributed by atoms with E-state index in [1.54, 1.807) is 12.1 Å². The average molecular weight is 208 g/mol. The Balaban J connectivity index is 2.67. The van der Waals surface area contributed by atoms with Crippen LogP contribution in [0.25, 0.3) is 6.08 Å². The molecule has 0 saturated carbocycles. The van der Waals surface area contributed by atoms with Gasteiger partial charge in [0.2, 0.25) is 0 Å². The molecule has 0 fully saturated rings. The van der Waals surface area contributed by atoms with Crippen LogP contribution in [0.15, 0.2) is 24.8 Å². The van der Waals surface area contributed by atoms with E-state index < -0.39 is 0 Å². The first kappa shape index (κ1) is 11.4. The first-order chi connectivity index (χ1) is 7.17. The van der Waals surface area contributed by atoms with Gasteiger partial charge in [-0.25, -0.2) is 4.39 Å². The van der Waals surface area contributed by atoms with Gasteiger partial charge in [-0.05, 0) is 18.1 Å². The third kappa shape index (κ3) is 3.20. The quantitative estimate of drug-likeness (QED) is 0.711. The van der Waals surface area contributed by atoms with Gasteiger partial charge in [-0.3, -0.25) is 4.79 Å². The summed E-state index contributed by atoms with van der Waals surface area (Å²) in [6, 6.07) is 4.85. The van der Waals surface area contributed by atoms with Gasteiger partial charge < -0.3 is 4.74 Å². The number of esters is 1. The summed E-state index contributed by atoms with van der Waals surface area (Å²) in [6.07, 6.45) is 2.21. The molecule has 80 valence electrons. The molecule has 1 rings (SSSR count). The minimum Gasteiger partial charge on any atom is -0.469 e. The summed E-state index contributed by atoms with van der Waals surface area (Å²) in [5.41, 5.74) is 1.25. The molecular weight excluding hydrogens is 195 g/mol. The number of benzene rings is 1. The van der Waals surface area contributed by atoms with Crippen molar-refractivity contribution in [3.05, 3.63) is 41.7 Å². The standard InChI is InChI=1S/C12H13FO2/c1-3-10-6-4-9(8-11(10)13)5-7-12(14)15-2/h3-4,6,8H,1,5,7H2,2H3. The van der Waals surface area contributed by atoms with E-state index in [1.807, 2.05) is 0 Å². The number of hydrogen-bond acceptors (Lipinski definition) is 2. The van der Waals surface area contributed by atoms with Crippen molar-refractivity contribution in [2.45, 2.75) is 12.8 Å². The molecule has 0 aromatic heterocycles. The fraction of sp³-hybridized carbons (Fsp3) is 0.250. The predicted molar refractivity (Wildman–Crippen MR) is 56.8 cm³/mol. The van der Waals surface area contributed by atoms with Crippen molar-refractivity contribution >= 4 is 12.0 Å². The number of hydrogen-bond donors (Lipinski definition) is 0. The molecule has 0 bridgehead atoms. The van der Waals surface area contributed by atoms with Gasteiger partial charge in [-0.1, -0.05) is 24.8 Å². The van der Waals surface area contributed by atoms with E-state index in [4.69, 9.17) is 0 Å². The second kappa shape index (κ2) is 5.29. The van der Waals surface area contributed by atoms with Gasteiger partial charge in [-0.15, -0.1) is 0 Å². The Morgan fingerprint density at radius 2 is 2.33 bits per heavy atom.